The lowest BCUT2D eigenvalue weighted by Gasteiger charge is -2.27. The second-order valence-electron chi connectivity index (χ2n) is 6.51. The van der Waals surface area contributed by atoms with Gasteiger partial charge in [-0.05, 0) is 67.9 Å². The van der Waals surface area contributed by atoms with Gasteiger partial charge < -0.3 is 5.32 Å². The molecule has 18 heavy (non-hydrogen) atoms. The van der Waals surface area contributed by atoms with Crippen LogP contribution in [0.5, 0.6) is 0 Å². The summed E-state index contributed by atoms with van der Waals surface area (Å²) in [4.78, 5) is 4.62. The second kappa shape index (κ2) is 4.06. The molecule has 0 bridgehead atoms. The first-order chi connectivity index (χ1) is 8.87. The zero-order valence-electron chi connectivity index (χ0n) is 11.0. The largest absolute Gasteiger partial charge is 0.308 e. The van der Waals surface area contributed by atoms with E-state index in [1.165, 1.54) is 62.7 Å². The van der Waals surface area contributed by atoms with Crippen LogP contribution in [0.4, 0.5) is 0 Å². The van der Waals surface area contributed by atoms with Gasteiger partial charge in [0.25, 0.3) is 0 Å². The molecule has 2 saturated carbocycles. The fourth-order valence-electron chi connectivity index (χ4n) is 3.72. The standard InChI is InChI=1S/C16H22N2/c1-3-12-4-2-10-17-15(12)14(5-1)18-11-16(8-9-16)13-6-7-13/h2,4,10,13-14,18H,1,3,5-9,11H2. The van der Waals surface area contributed by atoms with E-state index in [2.05, 4.69) is 22.4 Å². The SMILES string of the molecule is c1cnc2c(c1)CCCC2NCC1(C2CC2)CC1. The minimum absolute atomic E-state index is 0.520. The number of nitrogens with one attached hydrogen (secondary N) is 1. The van der Waals surface area contributed by atoms with Crippen LogP contribution in [0.3, 0.4) is 0 Å². The van der Waals surface area contributed by atoms with Crippen LogP contribution in [0.1, 0.15) is 55.8 Å². The van der Waals surface area contributed by atoms with Crippen molar-refractivity contribution in [2.45, 2.75) is 51.0 Å². The molecule has 0 aromatic carbocycles. The highest BCUT2D eigenvalue weighted by Crippen LogP contribution is 2.61. The highest BCUT2D eigenvalue weighted by atomic mass is 15.0. The van der Waals surface area contributed by atoms with Gasteiger partial charge in [-0.3, -0.25) is 4.98 Å². The third-order valence-corrected chi connectivity index (χ3v) is 5.23. The third kappa shape index (κ3) is 1.87. The molecule has 2 nitrogen and oxygen atoms in total. The highest BCUT2D eigenvalue weighted by Gasteiger charge is 2.53. The van der Waals surface area contributed by atoms with Gasteiger partial charge in [-0.2, -0.15) is 0 Å². The van der Waals surface area contributed by atoms with Crippen molar-refractivity contribution in [1.82, 2.24) is 10.3 Å². The summed E-state index contributed by atoms with van der Waals surface area (Å²) in [5, 5.41) is 3.84. The number of hydrogen-bond donors (Lipinski definition) is 1. The molecule has 0 saturated heterocycles. The van der Waals surface area contributed by atoms with Crippen molar-refractivity contribution in [2.75, 3.05) is 6.54 Å². The van der Waals surface area contributed by atoms with E-state index in [0.717, 1.165) is 5.92 Å². The van der Waals surface area contributed by atoms with Gasteiger partial charge >= 0.3 is 0 Å². The van der Waals surface area contributed by atoms with Gasteiger partial charge in [-0.1, -0.05) is 6.07 Å². The first-order valence-corrected chi connectivity index (χ1v) is 7.55. The Labute approximate surface area is 109 Å². The predicted octanol–water partition coefficient (Wildman–Crippen LogP) is 3.24. The molecule has 0 amide bonds. The van der Waals surface area contributed by atoms with Crippen molar-refractivity contribution < 1.29 is 0 Å². The van der Waals surface area contributed by atoms with Crippen LogP contribution in [0.25, 0.3) is 0 Å². The summed E-state index contributed by atoms with van der Waals surface area (Å²) in [5.74, 6) is 1.05. The second-order valence-corrected chi connectivity index (χ2v) is 6.51. The summed E-state index contributed by atoms with van der Waals surface area (Å²) in [6, 6.07) is 4.85. The smallest absolute Gasteiger partial charge is 0.0605 e. The first-order valence-electron chi connectivity index (χ1n) is 7.55. The first kappa shape index (κ1) is 11.0. The van der Waals surface area contributed by atoms with Crippen LogP contribution in [-0.4, -0.2) is 11.5 Å². The van der Waals surface area contributed by atoms with Crippen molar-refractivity contribution in [3.05, 3.63) is 29.6 Å². The topological polar surface area (TPSA) is 24.9 Å². The lowest BCUT2D eigenvalue weighted by Crippen LogP contribution is -2.32. The number of nitrogens with zero attached hydrogens (tertiary/aromatic N) is 1. The summed E-state index contributed by atoms with van der Waals surface area (Å²) in [5.41, 5.74) is 3.50. The van der Waals surface area contributed by atoms with Crippen molar-refractivity contribution in [2.24, 2.45) is 11.3 Å². The van der Waals surface area contributed by atoms with E-state index in [4.69, 9.17) is 0 Å². The van der Waals surface area contributed by atoms with Gasteiger partial charge in [0.2, 0.25) is 0 Å². The van der Waals surface area contributed by atoms with E-state index in [0.29, 0.717) is 11.5 Å². The van der Waals surface area contributed by atoms with Gasteiger partial charge in [0.05, 0.1) is 5.69 Å². The number of rotatable bonds is 4. The van der Waals surface area contributed by atoms with Crippen LogP contribution in [0, 0.1) is 11.3 Å². The van der Waals surface area contributed by atoms with Crippen LogP contribution < -0.4 is 5.32 Å². The van der Waals surface area contributed by atoms with E-state index in [9.17, 15) is 0 Å². The van der Waals surface area contributed by atoms with Gasteiger partial charge in [0.15, 0.2) is 0 Å². The summed E-state index contributed by atoms with van der Waals surface area (Å²) in [7, 11) is 0. The number of aromatic nitrogens is 1. The Balaban J connectivity index is 1.46. The Morgan fingerprint density at radius 2 is 2.17 bits per heavy atom. The molecule has 1 heterocycles. The van der Waals surface area contributed by atoms with Crippen LogP contribution in [0.2, 0.25) is 0 Å². The molecule has 1 unspecified atom stereocenters. The van der Waals surface area contributed by atoms with E-state index in [-0.39, 0.29) is 0 Å². The monoisotopic (exact) mass is 242 g/mol. The van der Waals surface area contributed by atoms with E-state index >= 15 is 0 Å². The Morgan fingerprint density at radius 1 is 1.28 bits per heavy atom. The molecule has 2 fully saturated rings. The Morgan fingerprint density at radius 3 is 2.94 bits per heavy atom. The van der Waals surface area contributed by atoms with Gasteiger partial charge in [-0.25, -0.2) is 0 Å². The van der Waals surface area contributed by atoms with Crippen LogP contribution in [0.15, 0.2) is 18.3 Å². The number of fused-ring (bicyclic) bond motifs is 1. The molecule has 0 radical (unpaired) electrons. The molecule has 0 spiro atoms. The molecule has 2 heteroatoms. The quantitative estimate of drug-likeness (QED) is 0.876. The molecule has 1 aromatic rings. The van der Waals surface area contributed by atoms with Gasteiger partial charge in [-0.15, -0.1) is 0 Å². The van der Waals surface area contributed by atoms with Crippen LogP contribution >= 0.6 is 0 Å². The summed E-state index contributed by atoms with van der Waals surface area (Å²) in [6.45, 7) is 1.23. The minimum atomic E-state index is 0.520. The maximum atomic E-state index is 4.62. The highest BCUT2D eigenvalue weighted by molar-refractivity contribution is 5.25. The lowest BCUT2D eigenvalue weighted by molar-refractivity contribution is 0.352. The molecule has 3 aliphatic rings. The van der Waals surface area contributed by atoms with Crippen molar-refractivity contribution in [1.29, 1.82) is 0 Å². The minimum Gasteiger partial charge on any atom is -0.308 e. The van der Waals surface area contributed by atoms with Crippen molar-refractivity contribution in [3.63, 3.8) is 0 Å². The van der Waals surface area contributed by atoms with Crippen molar-refractivity contribution >= 4 is 0 Å². The van der Waals surface area contributed by atoms with Crippen molar-refractivity contribution in [3.8, 4) is 0 Å². The molecule has 1 atom stereocenters. The van der Waals surface area contributed by atoms with E-state index in [1.54, 1.807) is 0 Å². The number of aryl methyl sites for hydroxylation is 1. The fourth-order valence-corrected chi connectivity index (χ4v) is 3.72. The zero-order valence-corrected chi connectivity index (χ0v) is 11.0. The normalized spacial score (nSPS) is 28.8. The fraction of sp³-hybridized carbons (Fsp3) is 0.688. The Bertz CT molecular complexity index is 446. The molecule has 3 aliphatic carbocycles. The number of pyridine rings is 1. The summed E-state index contributed by atoms with van der Waals surface area (Å²) in [6.07, 6.45) is 11.7. The van der Waals surface area contributed by atoms with E-state index in [1.807, 2.05) is 6.20 Å². The molecular formula is C16H22N2. The van der Waals surface area contributed by atoms with Crippen LogP contribution in [-0.2, 0) is 6.42 Å². The number of hydrogen-bond acceptors (Lipinski definition) is 2. The van der Waals surface area contributed by atoms with Gasteiger partial charge in [0, 0.05) is 18.8 Å². The van der Waals surface area contributed by atoms with Gasteiger partial charge in [0.1, 0.15) is 0 Å². The molecule has 96 valence electrons. The molecular weight excluding hydrogens is 220 g/mol. The summed E-state index contributed by atoms with van der Waals surface area (Å²) < 4.78 is 0. The Kier molecular flexibility index (Phi) is 2.47. The van der Waals surface area contributed by atoms with E-state index < -0.39 is 0 Å². The molecule has 1 N–H and O–H groups in total. The maximum absolute atomic E-state index is 4.62. The maximum Gasteiger partial charge on any atom is 0.0605 e. The molecule has 1 aromatic heterocycles. The summed E-state index contributed by atoms with van der Waals surface area (Å²) >= 11 is 0. The molecule has 0 aliphatic heterocycles. The average Bonchev–Trinajstić information content (AvgIpc) is 3.28. The zero-order chi connectivity index (χ0) is 12.0. The average molecular weight is 242 g/mol. The molecule has 4 rings (SSSR count). The third-order valence-electron chi connectivity index (χ3n) is 5.23. The lowest BCUT2D eigenvalue weighted by atomic mass is 9.91. The Hall–Kier alpha value is -0.890. The predicted molar refractivity (Wildman–Crippen MR) is 72.3 cm³/mol.